The molecule has 2 N–H and O–H groups in total. The molecule has 1 aliphatic rings. The average molecular weight is 219 g/mol. The number of aliphatic carboxylic acids is 1. The van der Waals surface area contributed by atoms with Crippen LogP contribution in [0, 0.1) is 11.8 Å². The van der Waals surface area contributed by atoms with E-state index < -0.39 is 17.8 Å². The topological polar surface area (TPSA) is 66.4 Å². The highest BCUT2D eigenvalue weighted by molar-refractivity contribution is 6.00. The van der Waals surface area contributed by atoms with Crippen LogP contribution in [0.25, 0.3) is 0 Å². The van der Waals surface area contributed by atoms with Crippen molar-refractivity contribution in [2.24, 2.45) is 11.8 Å². The van der Waals surface area contributed by atoms with Crippen LogP contribution in [0.1, 0.15) is 10.4 Å². The zero-order valence-electron chi connectivity index (χ0n) is 8.72. The first-order valence-electron chi connectivity index (χ1n) is 5.23. The van der Waals surface area contributed by atoms with E-state index in [1.54, 1.807) is 24.3 Å². The van der Waals surface area contributed by atoms with Gasteiger partial charge >= 0.3 is 5.97 Å². The number of carboxylic acids is 1. The van der Waals surface area contributed by atoms with Gasteiger partial charge in [0.2, 0.25) is 0 Å². The van der Waals surface area contributed by atoms with Gasteiger partial charge in [0.15, 0.2) is 5.78 Å². The molecular formula is C12H13NO3. The summed E-state index contributed by atoms with van der Waals surface area (Å²) in [4.78, 5) is 23.0. The van der Waals surface area contributed by atoms with Crippen LogP contribution in [0.5, 0.6) is 0 Å². The van der Waals surface area contributed by atoms with E-state index in [1.807, 2.05) is 6.07 Å². The van der Waals surface area contributed by atoms with Crippen LogP contribution >= 0.6 is 0 Å². The first-order valence-corrected chi connectivity index (χ1v) is 5.23. The predicted molar refractivity (Wildman–Crippen MR) is 58.3 cm³/mol. The van der Waals surface area contributed by atoms with Crippen molar-refractivity contribution in [1.29, 1.82) is 0 Å². The first-order chi connectivity index (χ1) is 7.70. The summed E-state index contributed by atoms with van der Waals surface area (Å²) < 4.78 is 0. The smallest absolute Gasteiger partial charge is 0.308 e. The molecule has 1 aliphatic heterocycles. The molecule has 1 aromatic rings. The van der Waals surface area contributed by atoms with Gasteiger partial charge in [0, 0.05) is 24.6 Å². The van der Waals surface area contributed by atoms with Gasteiger partial charge in [-0.15, -0.1) is 0 Å². The number of carbonyl (C=O) groups is 2. The summed E-state index contributed by atoms with van der Waals surface area (Å²) in [6.07, 6.45) is 0. The molecule has 0 saturated carbocycles. The summed E-state index contributed by atoms with van der Waals surface area (Å²) in [6, 6.07) is 8.84. The number of nitrogens with one attached hydrogen (secondary N) is 1. The van der Waals surface area contributed by atoms with E-state index in [2.05, 4.69) is 5.32 Å². The Morgan fingerprint density at radius 3 is 2.38 bits per heavy atom. The summed E-state index contributed by atoms with van der Waals surface area (Å²) >= 11 is 0. The van der Waals surface area contributed by atoms with Gasteiger partial charge in [0.05, 0.1) is 5.92 Å². The number of Topliss-reactive ketones (excluding diaryl/α,β-unsaturated/α-hetero) is 1. The number of carboxylic acid groups (broad SMARTS) is 1. The molecule has 16 heavy (non-hydrogen) atoms. The van der Waals surface area contributed by atoms with Crippen LogP contribution in [-0.2, 0) is 4.79 Å². The van der Waals surface area contributed by atoms with Crippen molar-refractivity contribution in [3.8, 4) is 0 Å². The molecule has 84 valence electrons. The fourth-order valence-electron chi connectivity index (χ4n) is 2.03. The molecule has 0 bridgehead atoms. The van der Waals surface area contributed by atoms with Gasteiger partial charge in [-0.25, -0.2) is 0 Å². The number of carbonyl (C=O) groups excluding carboxylic acids is 1. The minimum Gasteiger partial charge on any atom is -0.481 e. The molecular weight excluding hydrogens is 206 g/mol. The van der Waals surface area contributed by atoms with Gasteiger partial charge in [0.25, 0.3) is 0 Å². The Morgan fingerprint density at radius 1 is 1.12 bits per heavy atom. The van der Waals surface area contributed by atoms with E-state index in [0.717, 1.165) is 0 Å². The maximum absolute atomic E-state index is 12.1. The molecule has 2 atom stereocenters. The SMILES string of the molecule is O=C(c1ccccc1)[C@H]1CNC[C@H]1C(=O)O. The predicted octanol–water partition coefficient (Wildman–Crippen LogP) is 0.790. The second-order valence-electron chi connectivity index (χ2n) is 3.94. The van der Waals surface area contributed by atoms with Gasteiger partial charge in [-0.2, -0.15) is 0 Å². The van der Waals surface area contributed by atoms with Crippen molar-refractivity contribution in [2.45, 2.75) is 0 Å². The van der Waals surface area contributed by atoms with E-state index in [9.17, 15) is 9.59 Å². The lowest BCUT2D eigenvalue weighted by molar-refractivity contribution is -0.141. The Hall–Kier alpha value is -1.68. The third kappa shape index (κ3) is 1.97. The zero-order chi connectivity index (χ0) is 11.5. The van der Waals surface area contributed by atoms with Crippen LogP contribution in [0.4, 0.5) is 0 Å². The van der Waals surface area contributed by atoms with E-state index in [-0.39, 0.29) is 5.78 Å². The Bertz CT molecular complexity index is 402. The number of benzene rings is 1. The lowest BCUT2D eigenvalue weighted by Gasteiger charge is -2.13. The van der Waals surface area contributed by atoms with Crippen molar-refractivity contribution in [3.05, 3.63) is 35.9 Å². The molecule has 1 aromatic carbocycles. The van der Waals surface area contributed by atoms with E-state index >= 15 is 0 Å². The summed E-state index contributed by atoms with van der Waals surface area (Å²) in [5.74, 6) is -2.04. The van der Waals surface area contributed by atoms with Gasteiger partial charge in [-0.1, -0.05) is 30.3 Å². The third-order valence-electron chi connectivity index (χ3n) is 2.93. The lowest BCUT2D eigenvalue weighted by Crippen LogP contribution is -2.28. The Balaban J connectivity index is 2.19. The van der Waals surface area contributed by atoms with Gasteiger partial charge in [0.1, 0.15) is 0 Å². The molecule has 1 saturated heterocycles. The molecule has 0 aromatic heterocycles. The van der Waals surface area contributed by atoms with Crippen LogP contribution in [0.3, 0.4) is 0 Å². The van der Waals surface area contributed by atoms with Crippen molar-refractivity contribution in [2.75, 3.05) is 13.1 Å². The second kappa shape index (κ2) is 4.45. The summed E-state index contributed by atoms with van der Waals surface area (Å²) in [5.41, 5.74) is 0.586. The number of hydrogen-bond acceptors (Lipinski definition) is 3. The molecule has 0 radical (unpaired) electrons. The molecule has 4 nitrogen and oxygen atoms in total. The van der Waals surface area contributed by atoms with Crippen LogP contribution < -0.4 is 5.32 Å². The highest BCUT2D eigenvalue weighted by Gasteiger charge is 2.37. The summed E-state index contributed by atoms with van der Waals surface area (Å²) in [6.45, 7) is 0.823. The van der Waals surface area contributed by atoms with Crippen LogP contribution in [-0.4, -0.2) is 29.9 Å². The molecule has 0 spiro atoms. The van der Waals surface area contributed by atoms with Crippen molar-refractivity contribution in [3.63, 3.8) is 0 Å². The third-order valence-corrected chi connectivity index (χ3v) is 2.93. The van der Waals surface area contributed by atoms with Crippen molar-refractivity contribution < 1.29 is 14.7 Å². The average Bonchev–Trinajstić information content (AvgIpc) is 2.78. The van der Waals surface area contributed by atoms with Gasteiger partial charge < -0.3 is 10.4 Å². The Morgan fingerprint density at radius 2 is 1.75 bits per heavy atom. The van der Waals surface area contributed by atoms with Crippen LogP contribution in [0.2, 0.25) is 0 Å². The van der Waals surface area contributed by atoms with Crippen molar-refractivity contribution in [1.82, 2.24) is 5.32 Å². The van der Waals surface area contributed by atoms with E-state index in [1.165, 1.54) is 0 Å². The minimum atomic E-state index is -0.903. The fourth-order valence-corrected chi connectivity index (χ4v) is 2.03. The van der Waals surface area contributed by atoms with Crippen LogP contribution in [0.15, 0.2) is 30.3 Å². The fraction of sp³-hybridized carbons (Fsp3) is 0.333. The molecule has 4 heteroatoms. The normalized spacial score (nSPS) is 24.2. The second-order valence-corrected chi connectivity index (χ2v) is 3.94. The zero-order valence-corrected chi connectivity index (χ0v) is 8.72. The highest BCUT2D eigenvalue weighted by atomic mass is 16.4. The monoisotopic (exact) mass is 219 g/mol. The van der Waals surface area contributed by atoms with E-state index in [4.69, 9.17) is 5.11 Å². The first kappa shape index (κ1) is 10.8. The molecule has 0 aliphatic carbocycles. The minimum absolute atomic E-state index is 0.0852. The highest BCUT2D eigenvalue weighted by Crippen LogP contribution is 2.21. The van der Waals surface area contributed by atoms with E-state index in [0.29, 0.717) is 18.7 Å². The standard InChI is InChI=1S/C12H13NO3/c14-11(8-4-2-1-3-5-8)9-6-13-7-10(9)12(15)16/h1-5,9-10,13H,6-7H2,(H,15,16)/t9-,10+/m0/s1. The Kier molecular flexibility index (Phi) is 3.01. The number of hydrogen-bond donors (Lipinski definition) is 2. The lowest BCUT2D eigenvalue weighted by atomic mass is 9.88. The quantitative estimate of drug-likeness (QED) is 0.737. The number of rotatable bonds is 3. The number of ketones is 1. The van der Waals surface area contributed by atoms with Crippen molar-refractivity contribution >= 4 is 11.8 Å². The molecule has 0 unspecified atom stereocenters. The maximum atomic E-state index is 12.1. The Labute approximate surface area is 93.3 Å². The summed E-state index contributed by atoms with van der Waals surface area (Å²) in [7, 11) is 0. The maximum Gasteiger partial charge on any atom is 0.308 e. The largest absolute Gasteiger partial charge is 0.481 e. The molecule has 1 fully saturated rings. The molecule has 1 heterocycles. The molecule has 0 amide bonds. The summed E-state index contributed by atoms with van der Waals surface area (Å²) in [5, 5.41) is 11.9. The van der Waals surface area contributed by atoms with Gasteiger partial charge in [-0.05, 0) is 0 Å². The molecule has 2 rings (SSSR count). The van der Waals surface area contributed by atoms with Gasteiger partial charge in [-0.3, -0.25) is 9.59 Å².